The Morgan fingerprint density at radius 3 is 1.16 bits per heavy atom. The summed E-state index contributed by atoms with van der Waals surface area (Å²) in [5, 5.41) is 0. The van der Waals surface area contributed by atoms with Crippen molar-refractivity contribution in [2.45, 2.75) is 130 Å². The Morgan fingerprint density at radius 1 is 0.562 bits per heavy atom. The lowest BCUT2D eigenvalue weighted by Crippen LogP contribution is -2.20. The van der Waals surface area contributed by atoms with Crippen LogP contribution in [0, 0.1) is 12.1 Å². The SMILES string of the molecule is CCCC(c1[c]c(C(C)(C)C)cc(C(C)(C)C)c1)c1[c]c(C(C)(C)C)cc(C(C)(C)C)c1. The summed E-state index contributed by atoms with van der Waals surface area (Å²) in [6, 6.07) is 17.3. The molecule has 0 nitrogen and oxygen atoms in total. The van der Waals surface area contributed by atoms with Crippen LogP contribution in [0.3, 0.4) is 0 Å². The summed E-state index contributed by atoms with van der Waals surface area (Å²) in [7, 11) is 0. The van der Waals surface area contributed by atoms with Crippen LogP contribution in [0.2, 0.25) is 0 Å². The Hall–Kier alpha value is -1.56. The van der Waals surface area contributed by atoms with E-state index >= 15 is 0 Å². The molecule has 0 fully saturated rings. The van der Waals surface area contributed by atoms with E-state index in [1.807, 2.05) is 0 Å². The highest BCUT2D eigenvalue weighted by Gasteiger charge is 2.27. The van der Waals surface area contributed by atoms with E-state index in [1.165, 1.54) is 33.4 Å². The molecule has 0 aliphatic rings. The highest BCUT2D eigenvalue weighted by molar-refractivity contribution is 5.44. The Balaban J connectivity index is 2.82. The average molecular weight is 433 g/mol. The van der Waals surface area contributed by atoms with Gasteiger partial charge in [0.15, 0.2) is 0 Å². The molecular formula is C32H48. The quantitative estimate of drug-likeness (QED) is 0.451. The first-order valence-electron chi connectivity index (χ1n) is 12.5. The molecule has 2 aromatic carbocycles. The normalized spacial score (nSPS) is 13.7. The van der Waals surface area contributed by atoms with Crippen molar-refractivity contribution < 1.29 is 0 Å². The van der Waals surface area contributed by atoms with Crippen LogP contribution in [-0.4, -0.2) is 0 Å². The predicted octanol–water partition coefficient (Wildman–Crippen LogP) is 9.41. The molecule has 0 amide bonds. The maximum absolute atomic E-state index is 3.88. The number of hydrogen-bond acceptors (Lipinski definition) is 0. The first-order chi connectivity index (χ1) is 14.3. The molecule has 0 aliphatic heterocycles. The van der Waals surface area contributed by atoms with Gasteiger partial charge in [-0.15, -0.1) is 0 Å². The third-order valence-corrected chi connectivity index (χ3v) is 6.46. The lowest BCUT2D eigenvalue weighted by atomic mass is 9.74. The van der Waals surface area contributed by atoms with Crippen LogP contribution in [0.5, 0.6) is 0 Å². The number of rotatable bonds is 4. The fourth-order valence-corrected chi connectivity index (χ4v) is 4.00. The molecule has 0 spiro atoms. The van der Waals surface area contributed by atoms with Crippen LogP contribution in [0.25, 0.3) is 0 Å². The molecular weight excluding hydrogens is 384 g/mol. The largest absolute Gasteiger partial charge is 0.0653 e. The van der Waals surface area contributed by atoms with E-state index in [2.05, 4.69) is 126 Å². The van der Waals surface area contributed by atoms with Gasteiger partial charge in [0, 0.05) is 5.92 Å². The molecule has 0 heterocycles. The molecule has 0 aliphatic carbocycles. The summed E-state index contributed by atoms with van der Waals surface area (Å²) in [6.07, 6.45) is 2.25. The van der Waals surface area contributed by atoms with Crippen molar-refractivity contribution in [1.29, 1.82) is 0 Å². The molecule has 0 saturated carbocycles. The van der Waals surface area contributed by atoms with Crippen molar-refractivity contribution in [2.75, 3.05) is 0 Å². The zero-order chi connectivity index (χ0) is 24.7. The van der Waals surface area contributed by atoms with Crippen molar-refractivity contribution in [3.05, 3.63) is 69.8 Å². The molecule has 2 radical (unpaired) electrons. The predicted molar refractivity (Wildman–Crippen MR) is 142 cm³/mol. The van der Waals surface area contributed by atoms with E-state index in [4.69, 9.17) is 0 Å². The van der Waals surface area contributed by atoms with E-state index in [-0.39, 0.29) is 21.7 Å². The molecule has 2 aromatic rings. The van der Waals surface area contributed by atoms with E-state index in [0.29, 0.717) is 5.92 Å². The molecule has 32 heavy (non-hydrogen) atoms. The highest BCUT2D eigenvalue weighted by Crippen LogP contribution is 2.39. The lowest BCUT2D eigenvalue weighted by molar-refractivity contribution is 0.558. The topological polar surface area (TPSA) is 0 Å². The fraction of sp³-hybridized carbons (Fsp3) is 0.625. The van der Waals surface area contributed by atoms with Gasteiger partial charge in [0.2, 0.25) is 0 Å². The summed E-state index contributed by atoms with van der Waals surface area (Å²) in [5.41, 5.74) is 8.43. The van der Waals surface area contributed by atoms with Crippen LogP contribution >= 0.6 is 0 Å². The van der Waals surface area contributed by atoms with Crippen molar-refractivity contribution in [1.82, 2.24) is 0 Å². The smallest absolute Gasteiger partial charge is 0.0102 e. The molecule has 0 heteroatoms. The van der Waals surface area contributed by atoms with Gasteiger partial charge in [0.05, 0.1) is 0 Å². The maximum Gasteiger partial charge on any atom is 0.0102 e. The van der Waals surface area contributed by atoms with Gasteiger partial charge >= 0.3 is 0 Å². The van der Waals surface area contributed by atoms with Crippen molar-refractivity contribution in [3.63, 3.8) is 0 Å². The highest BCUT2D eigenvalue weighted by atomic mass is 14.3. The van der Waals surface area contributed by atoms with E-state index in [0.717, 1.165) is 12.8 Å². The van der Waals surface area contributed by atoms with Gasteiger partial charge < -0.3 is 0 Å². The third-order valence-electron chi connectivity index (χ3n) is 6.46. The number of hydrogen-bond donors (Lipinski definition) is 0. The lowest BCUT2D eigenvalue weighted by Gasteiger charge is -2.30. The van der Waals surface area contributed by atoms with Gasteiger partial charge in [-0.1, -0.05) is 121 Å². The summed E-state index contributed by atoms with van der Waals surface area (Å²) >= 11 is 0. The van der Waals surface area contributed by atoms with Gasteiger partial charge in [0.25, 0.3) is 0 Å². The van der Waals surface area contributed by atoms with Crippen molar-refractivity contribution in [3.8, 4) is 0 Å². The first kappa shape index (κ1) is 26.7. The van der Waals surface area contributed by atoms with E-state index < -0.39 is 0 Å². The zero-order valence-corrected chi connectivity index (χ0v) is 23.3. The Morgan fingerprint density at radius 2 is 0.906 bits per heavy atom. The van der Waals surface area contributed by atoms with Gasteiger partial charge in [-0.25, -0.2) is 0 Å². The second-order valence-corrected chi connectivity index (χ2v) is 13.8. The second kappa shape index (κ2) is 9.00. The van der Waals surface area contributed by atoms with Crippen molar-refractivity contribution >= 4 is 0 Å². The first-order valence-corrected chi connectivity index (χ1v) is 12.5. The van der Waals surface area contributed by atoms with E-state index in [1.54, 1.807) is 0 Å². The van der Waals surface area contributed by atoms with Gasteiger partial charge in [-0.2, -0.15) is 0 Å². The maximum atomic E-state index is 3.88. The molecule has 0 saturated heterocycles. The third kappa shape index (κ3) is 6.49. The molecule has 0 bridgehead atoms. The average Bonchev–Trinajstić information content (AvgIpc) is 2.62. The standard InChI is InChI=1S/C32H48/c1-14-15-28(22-16-24(29(2,3)4)20-25(17-22)30(5,6)7)23-18-26(31(8,9)10)21-27(19-23)32(11,12)13/h16,18,20-21,28H,14-15H2,1-13H3. The zero-order valence-electron chi connectivity index (χ0n) is 23.3. The summed E-state index contributed by atoms with van der Waals surface area (Å²) < 4.78 is 0. The summed E-state index contributed by atoms with van der Waals surface area (Å²) in [4.78, 5) is 0. The Kier molecular flexibility index (Phi) is 7.51. The van der Waals surface area contributed by atoms with Gasteiger partial charge in [0.1, 0.15) is 0 Å². The van der Waals surface area contributed by atoms with Crippen molar-refractivity contribution in [2.24, 2.45) is 0 Å². The minimum absolute atomic E-state index is 0.0698. The molecule has 0 unspecified atom stereocenters. The molecule has 0 atom stereocenters. The monoisotopic (exact) mass is 432 g/mol. The van der Waals surface area contributed by atoms with Crippen LogP contribution in [0.1, 0.15) is 142 Å². The van der Waals surface area contributed by atoms with Crippen LogP contribution in [0.15, 0.2) is 24.3 Å². The summed E-state index contributed by atoms with van der Waals surface area (Å²) in [6.45, 7) is 30.0. The molecule has 176 valence electrons. The second-order valence-electron chi connectivity index (χ2n) is 13.8. The number of benzene rings is 2. The molecule has 0 N–H and O–H groups in total. The summed E-state index contributed by atoms with van der Waals surface area (Å²) in [5.74, 6) is 0.312. The fourth-order valence-electron chi connectivity index (χ4n) is 4.00. The van der Waals surface area contributed by atoms with E-state index in [9.17, 15) is 0 Å². The molecule has 2 rings (SSSR count). The van der Waals surface area contributed by atoms with Crippen LogP contribution < -0.4 is 0 Å². The van der Waals surface area contributed by atoms with Gasteiger partial charge in [-0.3, -0.25) is 0 Å². The minimum atomic E-state index is 0.0698. The Bertz CT molecular complexity index is 774. The minimum Gasteiger partial charge on any atom is -0.0653 e. The van der Waals surface area contributed by atoms with Gasteiger partial charge in [-0.05, 0) is 73.6 Å². The van der Waals surface area contributed by atoms with Crippen LogP contribution in [-0.2, 0) is 21.7 Å². The molecule has 0 aromatic heterocycles. The van der Waals surface area contributed by atoms with Crippen LogP contribution in [0.4, 0.5) is 0 Å². The Labute approximate surface area is 200 Å².